The van der Waals surface area contributed by atoms with Crippen LogP contribution in [0.4, 0.5) is 13.2 Å². The Bertz CT molecular complexity index is 716. The lowest BCUT2D eigenvalue weighted by Gasteiger charge is -2.07. The fourth-order valence-electron chi connectivity index (χ4n) is 2.30. The van der Waals surface area contributed by atoms with E-state index in [1.165, 1.54) is 10.7 Å². The van der Waals surface area contributed by atoms with Crippen molar-refractivity contribution < 1.29 is 22.5 Å². The molecule has 0 aliphatic heterocycles. The zero-order valence-electron chi connectivity index (χ0n) is 12.4. The Kier molecular flexibility index (Phi) is 3.87. The summed E-state index contributed by atoms with van der Waals surface area (Å²) >= 11 is 0. The number of hydrogen-bond donors (Lipinski definition) is 1. The van der Waals surface area contributed by atoms with Gasteiger partial charge in [-0.25, -0.2) is 0 Å². The molecule has 1 aliphatic rings. The van der Waals surface area contributed by atoms with Crippen molar-refractivity contribution in [1.82, 2.24) is 20.3 Å². The summed E-state index contributed by atoms with van der Waals surface area (Å²) in [7, 11) is 0. The van der Waals surface area contributed by atoms with Crippen LogP contribution in [-0.4, -0.2) is 27.4 Å². The van der Waals surface area contributed by atoms with E-state index < -0.39 is 17.8 Å². The van der Waals surface area contributed by atoms with Gasteiger partial charge >= 0.3 is 6.18 Å². The minimum Gasteiger partial charge on any atom is -0.361 e. The first-order valence-electron chi connectivity index (χ1n) is 7.21. The van der Waals surface area contributed by atoms with Crippen LogP contribution in [0.2, 0.25) is 0 Å². The van der Waals surface area contributed by atoms with Gasteiger partial charge in [-0.3, -0.25) is 9.48 Å². The van der Waals surface area contributed by atoms with E-state index in [4.69, 9.17) is 4.52 Å². The van der Waals surface area contributed by atoms with Crippen LogP contribution in [0.5, 0.6) is 0 Å². The van der Waals surface area contributed by atoms with Gasteiger partial charge in [0.25, 0.3) is 5.91 Å². The van der Waals surface area contributed by atoms with Crippen molar-refractivity contribution >= 4 is 5.91 Å². The van der Waals surface area contributed by atoms with Crippen molar-refractivity contribution in [2.75, 3.05) is 6.54 Å². The van der Waals surface area contributed by atoms with Crippen LogP contribution in [0, 0.1) is 6.92 Å². The van der Waals surface area contributed by atoms with Crippen molar-refractivity contribution in [3.8, 4) is 0 Å². The molecule has 23 heavy (non-hydrogen) atoms. The maximum absolute atomic E-state index is 12.8. The number of aryl methyl sites for hydroxylation is 1. The molecular weight excluding hydrogens is 313 g/mol. The number of hydrogen-bond acceptors (Lipinski definition) is 4. The number of carbonyl (C=O) groups is 1. The second-order valence-electron chi connectivity index (χ2n) is 5.53. The van der Waals surface area contributed by atoms with Crippen LogP contribution in [-0.2, 0) is 12.7 Å². The topological polar surface area (TPSA) is 73.0 Å². The monoisotopic (exact) mass is 328 g/mol. The molecule has 0 bridgehead atoms. The van der Waals surface area contributed by atoms with Gasteiger partial charge in [-0.1, -0.05) is 5.16 Å². The molecule has 1 N–H and O–H groups in total. The summed E-state index contributed by atoms with van der Waals surface area (Å²) in [5, 5.41) is 9.79. The molecule has 0 radical (unpaired) electrons. The summed E-state index contributed by atoms with van der Waals surface area (Å²) in [6, 6.07) is 2.58. The normalized spacial score (nSPS) is 15.0. The highest BCUT2D eigenvalue weighted by molar-refractivity contribution is 5.92. The average molecular weight is 328 g/mol. The highest BCUT2D eigenvalue weighted by Gasteiger charge is 2.37. The molecule has 124 valence electrons. The standard InChI is InChI=1S/C14H15F3N4O2/c1-8-6-10(20-23-8)13(22)18-4-5-21-11(9-2-3-9)7-12(19-21)14(15,16)17/h6-7,9H,2-5H2,1H3,(H,18,22). The van der Waals surface area contributed by atoms with E-state index in [9.17, 15) is 18.0 Å². The Morgan fingerprint density at radius 2 is 2.17 bits per heavy atom. The Morgan fingerprint density at radius 1 is 1.43 bits per heavy atom. The van der Waals surface area contributed by atoms with Crippen molar-refractivity contribution in [2.24, 2.45) is 0 Å². The van der Waals surface area contributed by atoms with Crippen molar-refractivity contribution in [2.45, 2.75) is 38.4 Å². The number of aromatic nitrogens is 3. The van der Waals surface area contributed by atoms with Gasteiger partial charge < -0.3 is 9.84 Å². The van der Waals surface area contributed by atoms with Gasteiger partial charge in [-0.05, 0) is 25.8 Å². The second-order valence-corrected chi connectivity index (χ2v) is 5.53. The molecule has 1 saturated carbocycles. The molecular formula is C14H15F3N4O2. The molecule has 2 aromatic rings. The molecule has 0 unspecified atom stereocenters. The van der Waals surface area contributed by atoms with Gasteiger partial charge in [0.1, 0.15) is 5.76 Å². The fraction of sp³-hybridized carbons (Fsp3) is 0.500. The summed E-state index contributed by atoms with van der Waals surface area (Å²) in [6.45, 7) is 1.99. The Hall–Kier alpha value is -2.32. The third kappa shape index (κ3) is 3.54. The molecule has 3 rings (SSSR count). The SMILES string of the molecule is Cc1cc(C(=O)NCCn2nc(C(F)(F)F)cc2C2CC2)no1. The summed E-state index contributed by atoms with van der Waals surface area (Å²) in [6.07, 6.45) is -2.72. The van der Waals surface area contributed by atoms with Crippen molar-refractivity contribution in [3.63, 3.8) is 0 Å². The molecule has 1 fully saturated rings. The first-order chi connectivity index (χ1) is 10.8. The molecule has 0 atom stereocenters. The molecule has 0 spiro atoms. The smallest absolute Gasteiger partial charge is 0.361 e. The van der Waals surface area contributed by atoms with Crippen LogP contribution in [0.1, 0.15) is 46.4 Å². The Labute approximate surface area is 129 Å². The van der Waals surface area contributed by atoms with Crippen LogP contribution in [0.3, 0.4) is 0 Å². The zero-order chi connectivity index (χ0) is 16.6. The lowest BCUT2D eigenvalue weighted by molar-refractivity contribution is -0.141. The fourth-order valence-corrected chi connectivity index (χ4v) is 2.30. The summed E-state index contributed by atoms with van der Waals surface area (Å²) < 4.78 is 44.4. The van der Waals surface area contributed by atoms with Crippen molar-refractivity contribution in [1.29, 1.82) is 0 Å². The highest BCUT2D eigenvalue weighted by Crippen LogP contribution is 2.42. The summed E-state index contributed by atoms with van der Waals surface area (Å²) in [5.74, 6) is 0.207. The molecule has 2 aromatic heterocycles. The maximum Gasteiger partial charge on any atom is 0.435 e. The van der Waals surface area contributed by atoms with Gasteiger partial charge in [-0.15, -0.1) is 0 Å². The zero-order valence-corrected chi connectivity index (χ0v) is 12.4. The van der Waals surface area contributed by atoms with E-state index >= 15 is 0 Å². The van der Waals surface area contributed by atoms with E-state index in [0.29, 0.717) is 11.5 Å². The lowest BCUT2D eigenvalue weighted by atomic mass is 10.2. The minimum absolute atomic E-state index is 0.132. The molecule has 9 heteroatoms. The maximum atomic E-state index is 12.8. The molecule has 6 nitrogen and oxygen atoms in total. The van der Waals surface area contributed by atoms with Gasteiger partial charge in [0.2, 0.25) is 0 Å². The first kappa shape index (κ1) is 15.6. The largest absolute Gasteiger partial charge is 0.435 e. The molecule has 2 heterocycles. The van der Waals surface area contributed by atoms with Crippen LogP contribution >= 0.6 is 0 Å². The molecule has 0 aromatic carbocycles. The lowest BCUT2D eigenvalue weighted by Crippen LogP contribution is -2.28. The predicted molar refractivity (Wildman–Crippen MR) is 72.8 cm³/mol. The number of nitrogens with zero attached hydrogens (tertiary/aromatic N) is 3. The summed E-state index contributed by atoms with van der Waals surface area (Å²) in [5.41, 5.74) is -0.178. The number of nitrogens with one attached hydrogen (secondary N) is 1. The third-order valence-corrected chi connectivity index (χ3v) is 3.57. The Morgan fingerprint density at radius 3 is 2.74 bits per heavy atom. The molecule has 1 amide bonds. The van der Waals surface area contributed by atoms with Crippen molar-refractivity contribution in [3.05, 3.63) is 35.0 Å². The van der Waals surface area contributed by atoms with E-state index in [1.54, 1.807) is 6.92 Å². The number of amides is 1. The third-order valence-electron chi connectivity index (χ3n) is 3.57. The average Bonchev–Trinajstić information content (AvgIpc) is 3.06. The molecule has 0 saturated heterocycles. The van der Waals surface area contributed by atoms with Gasteiger partial charge in [0, 0.05) is 24.2 Å². The summed E-state index contributed by atoms with van der Waals surface area (Å²) in [4.78, 5) is 11.8. The van der Waals surface area contributed by atoms with E-state index in [-0.39, 0.29) is 24.7 Å². The molecule has 1 aliphatic carbocycles. The minimum atomic E-state index is -4.46. The first-order valence-corrected chi connectivity index (χ1v) is 7.21. The van der Waals surface area contributed by atoms with E-state index in [2.05, 4.69) is 15.6 Å². The number of carbonyl (C=O) groups excluding carboxylic acids is 1. The number of alkyl halides is 3. The Balaban J connectivity index is 1.63. The van der Waals surface area contributed by atoms with Crippen LogP contribution in [0.25, 0.3) is 0 Å². The van der Waals surface area contributed by atoms with Gasteiger partial charge in [0.15, 0.2) is 11.4 Å². The highest BCUT2D eigenvalue weighted by atomic mass is 19.4. The quantitative estimate of drug-likeness (QED) is 0.915. The number of halogens is 3. The second kappa shape index (κ2) is 5.71. The van der Waals surface area contributed by atoms with Crippen LogP contribution < -0.4 is 5.32 Å². The van der Waals surface area contributed by atoms with E-state index in [0.717, 1.165) is 18.9 Å². The van der Waals surface area contributed by atoms with Crippen LogP contribution in [0.15, 0.2) is 16.7 Å². The van der Waals surface area contributed by atoms with Gasteiger partial charge in [-0.2, -0.15) is 18.3 Å². The van der Waals surface area contributed by atoms with E-state index in [1.807, 2.05) is 0 Å². The number of rotatable bonds is 5. The van der Waals surface area contributed by atoms with Gasteiger partial charge in [0.05, 0.1) is 6.54 Å². The predicted octanol–water partition coefficient (Wildman–Crippen LogP) is 2.51.